The van der Waals surface area contributed by atoms with Crippen molar-refractivity contribution in [3.8, 4) is 0 Å². The van der Waals surface area contributed by atoms with E-state index in [1.807, 2.05) is 13.8 Å². The summed E-state index contributed by atoms with van der Waals surface area (Å²) in [6.07, 6.45) is 1.94. The minimum absolute atomic E-state index is 0.139. The molecule has 4 nitrogen and oxygen atoms in total. The molecule has 1 amide bonds. The Bertz CT molecular complexity index is 606. The molecule has 0 bridgehead atoms. The minimum Gasteiger partial charge on any atom is -0.339 e. The van der Waals surface area contributed by atoms with Gasteiger partial charge in [-0.15, -0.1) is 0 Å². The van der Waals surface area contributed by atoms with Crippen molar-refractivity contribution in [2.24, 2.45) is 5.92 Å². The predicted molar refractivity (Wildman–Crippen MR) is 83.1 cm³/mol. The zero-order valence-corrected chi connectivity index (χ0v) is 13.8. The first kappa shape index (κ1) is 16.3. The second-order valence-corrected chi connectivity index (χ2v) is 8.31. The average molecular weight is 330 g/mol. The number of hydrogen-bond donors (Lipinski definition) is 0. The molecule has 0 spiro atoms. The summed E-state index contributed by atoms with van der Waals surface area (Å²) in [7, 11) is -3.61. The van der Waals surface area contributed by atoms with E-state index in [0.29, 0.717) is 17.5 Å². The van der Waals surface area contributed by atoms with Gasteiger partial charge in [-0.3, -0.25) is 4.79 Å². The van der Waals surface area contributed by atoms with Crippen LogP contribution in [0.25, 0.3) is 0 Å². The van der Waals surface area contributed by atoms with Gasteiger partial charge in [0.25, 0.3) is 0 Å². The van der Waals surface area contributed by atoms with Crippen LogP contribution in [0.5, 0.6) is 0 Å². The zero-order chi connectivity index (χ0) is 15.6. The van der Waals surface area contributed by atoms with Gasteiger partial charge in [0.2, 0.25) is 5.91 Å². The largest absolute Gasteiger partial charge is 0.339 e. The first-order chi connectivity index (χ1) is 9.79. The Labute approximate surface area is 131 Å². The van der Waals surface area contributed by atoms with E-state index in [1.54, 1.807) is 4.90 Å². The van der Waals surface area contributed by atoms with Crippen molar-refractivity contribution in [2.75, 3.05) is 12.3 Å². The van der Waals surface area contributed by atoms with Crippen LogP contribution in [0.3, 0.4) is 0 Å². The molecular weight excluding hydrogens is 310 g/mol. The predicted octanol–water partition coefficient (Wildman–Crippen LogP) is 2.76. The number of carbonyl (C=O) groups excluding carboxylic acids is 1. The fourth-order valence-corrected chi connectivity index (χ4v) is 3.54. The molecule has 2 rings (SSSR count). The SMILES string of the molecule is CC(C)CN(C(=O)CS(=O)(=O)c1ccc(Cl)cc1)C1CC1. The Morgan fingerprint density at radius 1 is 1.29 bits per heavy atom. The number of nitrogens with zero attached hydrogens (tertiary/aromatic N) is 1. The van der Waals surface area contributed by atoms with E-state index in [-0.39, 0.29) is 16.8 Å². The van der Waals surface area contributed by atoms with Crippen LogP contribution in [0.2, 0.25) is 5.02 Å². The normalized spacial score (nSPS) is 15.2. The van der Waals surface area contributed by atoms with Crippen molar-refractivity contribution in [2.45, 2.75) is 37.6 Å². The first-order valence-electron chi connectivity index (χ1n) is 7.07. The lowest BCUT2D eigenvalue weighted by Crippen LogP contribution is -2.39. The Morgan fingerprint density at radius 2 is 1.86 bits per heavy atom. The molecule has 1 fully saturated rings. The Morgan fingerprint density at radius 3 is 2.33 bits per heavy atom. The van der Waals surface area contributed by atoms with E-state index < -0.39 is 15.6 Å². The summed E-state index contributed by atoms with van der Waals surface area (Å²) in [4.78, 5) is 14.2. The van der Waals surface area contributed by atoms with Crippen LogP contribution in [0.15, 0.2) is 29.2 Å². The molecule has 0 aromatic heterocycles. The Balaban J connectivity index is 2.11. The lowest BCUT2D eigenvalue weighted by atomic mass is 10.2. The van der Waals surface area contributed by atoms with Gasteiger partial charge in [-0.1, -0.05) is 25.4 Å². The van der Waals surface area contributed by atoms with E-state index in [2.05, 4.69) is 0 Å². The molecule has 0 unspecified atom stereocenters. The lowest BCUT2D eigenvalue weighted by Gasteiger charge is -2.24. The van der Waals surface area contributed by atoms with Crippen molar-refractivity contribution in [3.63, 3.8) is 0 Å². The van der Waals surface area contributed by atoms with Gasteiger partial charge >= 0.3 is 0 Å². The van der Waals surface area contributed by atoms with Crippen LogP contribution in [0.1, 0.15) is 26.7 Å². The van der Waals surface area contributed by atoms with Gasteiger partial charge in [-0.25, -0.2) is 8.42 Å². The molecule has 0 aliphatic heterocycles. The topological polar surface area (TPSA) is 54.5 Å². The zero-order valence-electron chi connectivity index (χ0n) is 12.3. The van der Waals surface area contributed by atoms with Crippen LogP contribution >= 0.6 is 11.6 Å². The number of halogens is 1. The van der Waals surface area contributed by atoms with Gasteiger partial charge in [-0.2, -0.15) is 0 Å². The molecular formula is C15H20ClNO3S. The second-order valence-electron chi connectivity index (χ2n) is 5.88. The number of benzene rings is 1. The number of carbonyl (C=O) groups is 1. The highest BCUT2D eigenvalue weighted by Crippen LogP contribution is 2.28. The Hall–Kier alpha value is -1.07. The Kier molecular flexibility index (Phi) is 4.94. The number of amides is 1. The van der Waals surface area contributed by atoms with Crippen molar-refractivity contribution in [3.05, 3.63) is 29.3 Å². The van der Waals surface area contributed by atoms with Gasteiger partial charge in [0.05, 0.1) is 4.90 Å². The molecule has 1 aromatic carbocycles. The summed E-state index contributed by atoms with van der Waals surface area (Å²) < 4.78 is 24.6. The molecule has 0 atom stereocenters. The van der Waals surface area contributed by atoms with Crippen molar-refractivity contribution in [1.29, 1.82) is 0 Å². The second kappa shape index (κ2) is 6.36. The molecule has 1 aliphatic carbocycles. The summed E-state index contributed by atoms with van der Waals surface area (Å²) in [5.41, 5.74) is 0. The van der Waals surface area contributed by atoms with Gasteiger partial charge < -0.3 is 4.90 Å². The molecule has 0 radical (unpaired) electrons. The standard InChI is InChI=1S/C15H20ClNO3S/c1-11(2)9-17(13-5-6-13)15(18)10-21(19,20)14-7-3-12(16)4-8-14/h3-4,7-8,11,13H,5-6,9-10H2,1-2H3. The summed E-state index contributed by atoms with van der Waals surface area (Å²) in [5.74, 6) is -0.452. The van der Waals surface area contributed by atoms with Crippen LogP contribution < -0.4 is 0 Å². The van der Waals surface area contributed by atoms with Crippen LogP contribution in [0, 0.1) is 5.92 Å². The third kappa shape index (κ3) is 4.45. The molecule has 1 saturated carbocycles. The number of hydrogen-bond acceptors (Lipinski definition) is 3. The maximum Gasteiger partial charge on any atom is 0.238 e. The molecule has 6 heteroatoms. The molecule has 0 heterocycles. The highest BCUT2D eigenvalue weighted by molar-refractivity contribution is 7.92. The smallest absolute Gasteiger partial charge is 0.238 e. The average Bonchev–Trinajstić information content (AvgIpc) is 3.19. The molecule has 1 aromatic rings. The summed E-state index contributed by atoms with van der Waals surface area (Å²) >= 11 is 5.76. The third-order valence-electron chi connectivity index (χ3n) is 3.36. The highest BCUT2D eigenvalue weighted by Gasteiger charge is 2.34. The third-order valence-corrected chi connectivity index (χ3v) is 5.23. The fraction of sp³-hybridized carbons (Fsp3) is 0.533. The van der Waals surface area contributed by atoms with E-state index in [4.69, 9.17) is 11.6 Å². The maximum absolute atomic E-state index is 12.3. The van der Waals surface area contributed by atoms with E-state index in [1.165, 1.54) is 24.3 Å². The molecule has 116 valence electrons. The highest BCUT2D eigenvalue weighted by atomic mass is 35.5. The van der Waals surface area contributed by atoms with E-state index >= 15 is 0 Å². The van der Waals surface area contributed by atoms with Gasteiger partial charge in [0.1, 0.15) is 5.75 Å². The van der Waals surface area contributed by atoms with E-state index in [9.17, 15) is 13.2 Å². The van der Waals surface area contributed by atoms with Gasteiger partial charge in [0.15, 0.2) is 9.84 Å². The summed E-state index contributed by atoms with van der Waals surface area (Å²) in [6, 6.07) is 6.14. The van der Waals surface area contributed by atoms with Crippen LogP contribution in [-0.2, 0) is 14.6 Å². The van der Waals surface area contributed by atoms with Crippen molar-refractivity contribution >= 4 is 27.3 Å². The van der Waals surface area contributed by atoms with Crippen molar-refractivity contribution in [1.82, 2.24) is 4.90 Å². The summed E-state index contributed by atoms with van der Waals surface area (Å²) in [6.45, 7) is 4.66. The van der Waals surface area contributed by atoms with E-state index in [0.717, 1.165) is 12.8 Å². The maximum atomic E-state index is 12.3. The van der Waals surface area contributed by atoms with Gasteiger partial charge in [0, 0.05) is 17.6 Å². The molecule has 0 N–H and O–H groups in total. The fourth-order valence-electron chi connectivity index (χ4n) is 2.20. The van der Waals surface area contributed by atoms with Gasteiger partial charge in [-0.05, 0) is 43.0 Å². The summed E-state index contributed by atoms with van der Waals surface area (Å²) in [5, 5.41) is 0.472. The molecule has 0 saturated heterocycles. The lowest BCUT2D eigenvalue weighted by molar-refractivity contribution is -0.129. The first-order valence-corrected chi connectivity index (χ1v) is 9.10. The van der Waals surface area contributed by atoms with Crippen LogP contribution in [-0.4, -0.2) is 37.6 Å². The number of rotatable bonds is 6. The monoisotopic (exact) mass is 329 g/mol. The molecule has 21 heavy (non-hydrogen) atoms. The number of sulfone groups is 1. The van der Waals surface area contributed by atoms with Crippen LogP contribution in [0.4, 0.5) is 0 Å². The quantitative estimate of drug-likeness (QED) is 0.806. The van der Waals surface area contributed by atoms with Crippen molar-refractivity contribution < 1.29 is 13.2 Å². The molecule has 1 aliphatic rings. The minimum atomic E-state index is -3.61.